The molecule has 0 aromatic heterocycles. The van der Waals surface area contributed by atoms with Crippen LogP contribution < -0.4 is 10.1 Å². The molecule has 3 rings (SSSR count). The van der Waals surface area contributed by atoms with Gasteiger partial charge in [-0.25, -0.2) is 9.18 Å². The number of halogens is 1. The fraction of sp³-hybridized carbons (Fsp3) is 0.278. The summed E-state index contributed by atoms with van der Waals surface area (Å²) in [5, 5.41) is 2.63. The molecular weight excluding hydrogens is 295 g/mol. The Balaban J connectivity index is 1.62. The van der Waals surface area contributed by atoms with Gasteiger partial charge in [-0.05, 0) is 36.2 Å². The van der Waals surface area contributed by atoms with Gasteiger partial charge < -0.3 is 15.0 Å². The summed E-state index contributed by atoms with van der Waals surface area (Å²) in [6, 6.07) is 13.8. The monoisotopic (exact) mass is 314 g/mol. The van der Waals surface area contributed by atoms with Crippen LogP contribution >= 0.6 is 0 Å². The van der Waals surface area contributed by atoms with Gasteiger partial charge in [-0.3, -0.25) is 0 Å². The highest BCUT2D eigenvalue weighted by molar-refractivity contribution is 5.89. The van der Waals surface area contributed by atoms with Crippen LogP contribution in [0.25, 0.3) is 0 Å². The first kappa shape index (κ1) is 15.3. The molecule has 1 N–H and O–H groups in total. The molecule has 0 bridgehead atoms. The predicted molar refractivity (Wildman–Crippen MR) is 87.3 cm³/mol. The Morgan fingerprint density at radius 1 is 1.22 bits per heavy atom. The van der Waals surface area contributed by atoms with Crippen LogP contribution in [0.15, 0.2) is 48.5 Å². The summed E-state index contributed by atoms with van der Waals surface area (Å²) in [6.45, 7) is 1.30. The number of urea groups is 1. The average molecular weight is 314 g/mol. The Bertz CT molecular complexity index is 688. The molecule has 1 fully saturated rings. The number of hydrogen-bond donors (Lipinski definition) is 1. The van der Waals surface area contributed by atoms with Crippen molar-refractivity contribution in [2.45, 2.75) is 12.3 Å². The summed E-state index contributed by atoms with van der Waals surface area (Å²) in [5.74, 6) is 0.694. The number of likely N-dealkylation sites (tertiary alicyclic amines) is 1. The van der Waals surface area contributed by atoms with Gasteiger partial charge in [0.2, 0.25) is 0 Å². The molecule has 5 heteroatoms. The molecule has 1 atom stereocenters. The van der Waals surface area contributed by atoms with Crippen molar-refractivity contribution in [3.05, 3.63) is 59.9 Å². The third-order valence-corrected chi connectivity index (χ3v) is 4.18. The van der Waals surface area contributed by atoms with E-state index in [-0.39, 0.29) is 11.7 Å². The Morgan fingerprint density at radius 3 is 2.65 bits per heavy atom. The molecular formula is C18H19FN2O2. The van der Waals surface area contributed by atoms with Gasteiger partial charge in [0.15, 0.2) is 0 Å². The van der Waals surface area contributed by atoms with E-state index in [1.165, 1.54) is 11.6 Å². The number of rotatable bonds is 3. The molecule has 1 aliphatic heterocycles. The van der Waals surface area contributed by atoms with E-state index in [1.54, 1.807) is 30.2 Å². The van der Waals surface area contributed by atoms with Crippen molar-refractivity contribution in [2.75, 3.05) is 25.5 Å². The number of carbonyl (C=O) groups excluding carboxylic acids is 1. The summed E-state index contributed by atoms with van der Waals surface area (Å²) in [4.78, 5) is 14.0. The van der Waals surface area contributed by atoms with E-state index in [1.807, 2.05) is 24.3 Å². The van der Waals surface area contributed by atoms with Crippen molar-refractivity contribution in [2.24, 2.45) is 0 Å². The highest BCUT2D eigenvalue weighted by Crippen LogP contribution is 2.29. The van der Waals surface area contributed by atoms with Crippen molar-refractivity contribution in [1.29, 1.82) is 0 Å². The molecule has 1 heterocycles. The highest BCUT2D eigenvalue weighted by atomic mass is 19.1. The lowest BCUT2D eigenvalue weighted by Gasteiger charge is -2.18. The fourth-order valence-electron chi connectivity index (χ4n) is 2.85. The van der Waals surface area contributed by atoms with Crippen LogP contribution in [0.5, 0.6) is 5.75 Å². The van der Waals surface area contributed by atoms with Crippen molar-refractivity contribution in [1.82, 2.24) is 4.90 Å². The molecule has 1 saturated heterocycles. The first-order valence-corrected chi connectivity index (χ1v) is 7.62. The van der Waals surface area contributed by atoms with Gasteiger partial charge in [-0.1, -0.05) is 24.3 Å². The lowest BCUT2D eigenvalue weighted by Crippen LogP contribution is -2.33. The molecule has 0 spiro atoms. The maximum Gasteiger partial charge on any atom is 0.321 e. The van der Waals surface area contributed by atoms with Gasteiger partial charge in [-0.15, -0.1) is 0 Å². The molecule has 0 aliphatic carbocycles. The largest absolute Gasteiger partial charge is 0.497 e. The standard InChI is InChI=1S/C18H19FN2O2/c1-23-15-8-6-13(7-9-15)14-10-11-21(12-14)18(22)20-17-5-3-2-4-16(17)19/h2-9,14H,10-12H2,1H3,(H,20,22). The summed E-state index contributed by atoms with van der Waals surface area (Å²) >= 11 is 0. The summed E-state index contributed by atoms with van der Waals surface area (Å²) < 4.78 is 18.8. The molecule has 2 aromatic rings. The third-order valence-electron chi connectivity index (χ3n) is 4.18. The van der Waals surface area contributed by atoms with Crippen LogP contribution in [0.3, 0.4) is 0 Å². The number of nitrogens with zero attached hydrogens (tertiary/aromatic N) is 1. The van der Waals surface area contributed by atoms with Gasteiger partial charge in [0.05, 0.1) is 12.8 Å². The predicted octanol–water partition coefficient (Wildman–Crippen LogP) is 3.86. The number of methoxy groups -OCH3 is 1. The smallest absolute Gasteiger partial charge is 0.321 e. The zero-order valence-electron chi connectivity index (χ0n) is 13.0. The van der Waals surface area contributed by atoms with Crippen molar-refractivity contribution in [3.63, 3.8) is 0 Å². The number of anilines is 1. The van der Waals surface area contributed by atoms with E-state index in [0.29, 0.717) is 19.0 Å². The van der Waals surface area contributed by atoms with Crippen LogP contribution in [0.4, 0.5) is 14.9 Å². The van der Waals surface area contributed by atoms with Gasteiger partial charge in [0.25, 0.3) is 0 Å². The lowest BCUT2D eigenvalue weighted by atomic mass is 9.98. The molecule has 1 aliphatic rings. The quantitative estimate of drug-likeness (QED) is 0.935. The highest BCUT2D eigenvalue weighted by Gasteiger charge is 2.27. The molecule has 0 saturated carbocycles. The first-order chi connectivity index (χ1) is 11.2. The van der Waals surface area contributed by atoms with E-state index in [2.05, 4.69) is 5.32 Å². The normalized spacial score (nSPS) is 17.1. The lowest BCUT2D eigenvalue weighted by molar-refractivity contribution is 0.222. The number of hydrogen-bond acceptors (Lipinski definition) is 2. The molecule has 0 radical (unpaired) electrons. The number of ether oxygens (including phenoxy) is 1. The Kier molecular flexibility index (Phi) is 4.46. The molecule has 4 nitrogen and oxygen atoms in total. The number of para-hydroxylation sites is 1. The average Bonchev–Trinajstić information content (AvgIpc) is 3.07. The zero-order valence-corrected chi connectivity index (χ0v) is 13.0. The van der Waals surface area contributed by atoms with Crippen molar-refractivity contribution in [3.8, 4) is 5.75 Å². The van der Waals surface area contributed by atoms with E-state index < -0.39 is 5.82 Å². The second kappa shape index (κ2) is 6.69. The zero-order chi connectivity index (χ0) is 16.2. The van der Waals surface area contributed by atoms with Crippen LogP contribution in [0.1, 0.15) is 17.9 Å². The van der Waals surface area contributed by atoms with Crippen LogP contribution in [0.2, 0.25) is 0 Å². The summed E-state index contributed by atoms with van der Waals surface area (Å²) in [7, 11) is 1.64. The second-order valence-corrected chi connectivity index (χ2v) is 5.61. The molecule has 2 amide bonds. The first-order valence-electron chi connectivity index (χ1n) is 7.62. The maximum atomic E-state index is 13.6. The molecule has 23 heavy (non-hydrogen) atoms. The number of benzene rings is 2. The number of carbonyl (C=O) groups is 1. The number of amides is 2. The van der Waals surface area contributed by atoms with E-state index in [4.69, 9.17) is 4.74 Å². The second-order valence-electron chi connectivity index (χ2n) is 5.61. The van der Waals surface area contributed by atoms with Crippen molar-refractivity contribution < 1.29 is 13.9 Å². The molecule has 1 unspecified atom stereocenters. The van der Waals surface area contributed by atoms with Gasteiger partial charge >= 0.3 is 6.03 Å². The Morgan fingerprint density at radius 2 is 1.96 bits per heavy atom. The molecule has 2 aromatic carbocycles. The minimum Gasteiger partial charge on any atom is -0.497 e. The third kappa shape index (κ3) is 3.44. The topological polar surface area (TPSA) is 41.6 Å². The van der Waals surface area contributed by atoms with Crippen LogP contribution in [-0.2, 0) is 0 Å². The number of nitrogens with one attached hydrogen (secondary N) is 1. The van der Waals surface area contributed by atoms with Gasteiger partial charge in [-0.2, -0.15) is 0 Å². The van der Waals surface area contributed by atoms with E-state index >= 15 is 0 Å². The molecule has 120 valence electrons. The SMILES string of the molecule is COc1ccc(C2CCN(C(=O)Nc3ccccc3F)C2)cc1. The van der Waals surface area contributed by atoms with Gasteiger partial charge in [0, 0.05) is 19.0 Å². The van der Waals surface area contributed by atoms with Crippen molar-refractivity contribution >= 4 is 11.7 Å². The summed E-state index contributed by atoms with van der Waals surface area (Å²) in [6.07, 6.45) is 0.900. The van der Waals surface area contributed by atoms with Gasteiger partial charge in [0.1, 0.15) is 11.6 Å². The Labute approximate surface area is 134 Å². The minimum atomic E-state index is -0.424. The fourth-order valence-corrected chi connectivity index (χ4v) is 2.85. The van der Waals surface area contributed by atoms with Crippen LogP contribution in [0, 0.1) is 5.82 Å². The summed E-state index contributed by atoms with van der Waals surface area (Å²) in [5.41, 5.74) is 1.40. The van der Waals surface area contributed by atoms with E-state index in [0.717, 1.165) is 12.2 Å². The maximum absolute atomic E-state index is 13.6. The van der Waals surface area contributed by atoms with Crippen LogP contribution in [-0.4, -0.2) is 31.1 Å². The minimum absolute atomic E-state index is 0.213. The Hall–Kier alpha value is -2.56. The van der Waals surface area contributed by atoms with E-state index in [9.17, 15) is 9.18 Å².